The van der Waals surface area contributed by atoms with Gasteiger partial charge in [-0.05, 0) is 32.1 Å². The Morgan fingerprint density at radius 2 is 2.24 bits per heavy atom. The second-order valence-electron chi connectivity index (χ2n) is 5.92. The molecule has 2 aromatic heterocycles. The number of hydrogen-bond acceptors (Lipinski definition) is 5. The second-order valence-corrected chi connectivity index (χ2v) is 6.92. The lowest BCUT2D eigenvalue weighted by Gasteiger charge is -2.22. The van der Waals surface area contributed by atoms with Crippen LogP contribution in [0.3, 0.4) is 0 Å². The molecule has 0 saturated carbocycles. The van der Waals surface area contributed by atoms with Crippen LogP contribution in [0.25, 0.3) is 10.2 Å². The summed E-state index contributed by atoms with van der Waals surface area (Å²) in [5.41, 5.74) is 6.71. The first-order valence-corrected chi connectivity index (χ1v) is 7.89. The summed E-state index contributed by atoms with van der Waals surface area (Å²) in [4.78, 5) is 22.6. The van der Waals surface area contributed by atoms with Crippen molar-refractivity contribution in [1.82, 2.24) is 14.8 Å². The molecule has 1 fully saturated rings. The van der Waals surface area contributed by atoms with Crippen molar-refractivity contribution in [2.24, 2.45) is 5.92 Å². The maximum atomic E-state index is 12.8. The average Bonchev–Trinajstić information content (AvgIpc) is 3.00. The zero-order valence-corrected chi connectivity index (χ0v) is 13.4. The van der Waals surface area contributed by atoms with Crippen LogP contribution in [0.15, 0.2) is 18.3 Å². The minimum Gasteiger partial charge on any atom is -0.397 e. The van der Waals surface area contributed by atoms with Crippen molar-refractivity contribution in [1.29, 1.82) is 0 Å². The van der Waals surface area contributed by atoms with Gasteiger partial charge in [0, 0.05) is 30.7 Å². The van der Waals surface area contributed by atoms with Crippen molar-refractivity contribution >= 4 is 33.1 Å². The summed E-state index contributed by atoms with van der Waals surface area (Å²) >= 11 is 1.39. The normalized spacial score (nSPS) is 22.4. The Kier molecular flexibility index (Phi) is 3.59. The zero-order chi connectivity index (χ0) is 15.1. The summed E-state index contributed by atoms with van der Waals surface area (Å²) in [7, 11) is 4.12. The third-order valence-electron chi connectivity index (χ3n) is 4.22. The molecule has 2 N–H and O–H groups in total. The highest BCUT2D eigenvalue weighted by molar-refractivity contribution is 7.21. The summed E-state index contributed by atoms with van der Waals surface area (Å²) in [6.07, 6.45) is 1.73. The van der Waals surface area contributed by atoms with Crippen LogP contribution in [0.2, 0.25) is 0 Å². The number of likely N-dealkylation sites (N-methyl/N-ethyl adjacent to an activating group) is 1. The first kappa shape index (κ1) is 14.3. The van der Waals surface area contributed by atoms with Crippen LogP contribution in [0.1, 0.15) is 16.6 Å². The summed E-state index contributed by atoms with van der Waals surface area (Å²) in [5, 5.41) is 0.877. The number of amides is 1. The van der Waals surface area contributed by atoms with Crippen molar-refractivity contribution in [3.8, 4) is 0 Å². The number of pyridine rings is 1. The summed E-state index contributed by atoms with van der Waals surface area (Å²) < 4.78 is 0. The van der Waals surface area contributed by atoms with E-state index in [1.807, 2.05) is 17.0 Å². The highest BCUT2D eigenvalue weighted by atomic mass is 32.1. The molecule has 2 atom stereocenters. The number of carbonyl (C=O) groups is 1. The van der Waals surface area contributed by atoms with E-state index in [4.69, 9.17) is 5.73 Å². The quantitative estimate of drug-likeness (QED) is 0.920. The predicted octanol–water partition coefficient (Wildman–Crippen LogP) is 1.90. The molecule has 1 amide bonds. The van der Waals surface area contributed by atoms with E-state index in [2.05, 4.69) is 30.9 Å². The number of nitrogens with two attached hydrogens (primary N) is 1. The molecule has 1 aliphatic rings. The lowest BCUT2D eigenvalue weighted by atomic mass is 10.1. The fourth-order valence-corrected chi connectivity index (χ4v) is 4.07. The smallest absolute Gasteiger partial charge is 0.266 e. The summed E-state index contributed by atoms with van der Waals surface area (Å²) in [6.45, 7) is 3.73. The van der Waals surface area contributed by atoms with Gasteiger partial charge >= 0.3 is 0 Å². The molecule has 21 heavy (non-hydrogen) atoms. The van der Waals surface area contributed by atoms with Crippen molar-refractivity contribution in [2.75, 3.05) is 32.9 Å². The van der Waals surface area contributed by atoms with Crippen LogP contribution in [0, 0.1) is 5.92 Å². The first-order chi connectivity index (χ1) is 9.99. The number of thiophene rings is 1. The minimum absolute atomic E-state index is 0.0340. The van der Waals surface area contributed by atoms with Crippen LogP contribution < -0.4 is 5.73 Å². The lowest BCUT2D eigenvalue weighted by Crippen LogP contribution is -2.35. The monoisotopic (exact) mass is 304 g/mol. The van der Waals surface area contributed by atoms with Gasteiger partial charge in [0.1, 0.15) is 9.71 Å². The molecule has 5 nitrogen and oxygen atoms in total. The fourth-order valence-electron chi connectivity index (χ4n) is 3.04. The Bertz CT molecular complexity index is 681. The van der Waals surface area contributed by atoms with E-state index in [0.29, 0.717) is 22.5 Å². The maximum absolute atomic E-state index is 12.8. The molecule has 2 unspecified atom stereocenters. The second kappa shape index (κ2) is 5.27. The van der Waals surface area contributed by atoms with Gasteiger partial charge in [0.15, 0.2) is 0 Å². The molecule has 6 heteroatoms. The van der Waals surface area contributed by atoms with E-state index < -0.39 is 0 Å². The van der Waals surface area contributed by atoms with Gasteiger partial charge in [-0.1, -0.05) is 6.92 Å². The molecular weight excluding hydrogens is 284 g/mol. The lowest BCUT2D eigenvalue weighted by molar-refractivity contribution is 0.0787. The minimum atomic E-state index is 0.0340. The molecule has 2 aromatic rings. The molecule has 1 aliphatic heterocycles. The Hall–Kier alpha value is -1.66. The van der Waals surface area contributed by atoms with Gasteiger partial charge in [0.2, 0.25) is 0 Å². The Morgan fingerprint density at radius 1 is 1.48 bits per heavy atom. The van der Waals surface area contributed by atoms with Gasteiger partial charge < -0.3 is 15.5 Å². The molecule has 0 radical (unpaired) electrons. The topological polar surface area (TPSA) is 62.5 Å². The maximum Gasteiger partial charge on any atom is 0.266 e. The SMILES string of the molecule is CC1CN(C(=O)c2sc3ncccc3c2N)CC1N(C)C. The number of fused-ring (bicyclic) bond motifs is 1. The number of hydrogen-bond donors (Lipinski definition) is 1. The number of likely N-dealkylation sites (tertiary alicyclic amines) is 1. The van der Waals surface area contributed by atoms with Gasteiger partial charge in [-0.15, -0.1) is 11.3 Å². The molecule has 112 valence electrons. The number of aromatic nitrogens is 1. The van der Waals surface area contributed by atoms with Gasteiger partial charge in [0.05, 0.1) is 5.69 Å². The number of nitrogens with zero attached hydrogens (tertiary/aromatic N) is 3. The van der Waals surface area contributed by atoms with E-state index in [-0.39, 0.29) is 5.91 Å². The zero-order valence-electron chi connectivity index (χ0n) is 12.5. The fraction of sp³-hybridized carbons (Fsp3) is 0.467. The predicted molar refractivity (Wildman–Crippen MR) is 86.6 cm³/mol. The van der Waals surface area contributed by atoms with Gasteiger partial charge in [0.25, 0.3) is 5.91 Å². The highest BCUT2D eigenvalue weighted by Gasteiger charge is 2.35. The largest absolute Gasteiger partial charge is 0.397 e. The number of rotatable bonds is 2. The van der Waals surface area contributed by atoms with E-state index in [1.54, 1.807) is 6.20 Å². The van der Waals surface area contributed by atoms with E-state index >= 15 is 0 Å². The number of anilines is 1. The van der Waals surface area contributed by atoms with Crippen LogP contribution in [0.4, 0.5) is 5.69 Å². The van der Waals surface area contributed by atoms with Crippen molar-refractivity contribution < 1.29 is 4.79 Å². The van der Waals surface area contributed by atoms with Crippen LogP contribution >= 0.6 is 11.3 Å². The van der Waals surface area contributed by atoms with Crippen molar-refractivity contribution in [3.05, 3.63) is 23.2 Å². The third-order valence-corrected chi connectivity index (χ3v) is 5.34. The Morgan fingerprint density at radius 3 is 2.86 bits per heavy atom. The third kappa shape index (κ3) is 2.38. The molecule has 0 spiro atoms. The van der Waals surface area contributed by atoms with Crippen LogP contribution in [-0.2, 0) is 0 Å². The molecule has 0 aromatic carbocycles. The van der Waals surface area contributed by atoms with Gasteiger partial charge in [-0.25, -0.2) is 4.98 Å². The van der Waals surface area contributed by atoms with Crippen molar-refractivity contribution in [2.45, 2.75) is 13.0 Å². The molecule has 3 heterocycles. The molecule has 0 bridgehead atoms. The standard InChI is InChI=1S/C15H20N4OS/c1-9-7-19(8-11(9)18(2)3)15(20)13-12(16)10-5-4-6-17-14(10)21-13/h4-6,9,11H,7-8,16H2,1-3H3. The molecule has 0 aliphatic carbocycles. The van der Waals surface area contributed by atoms with E-state index in [9.17, 15) is 4.79 Å². The molecule has 3 rings (SSSR count). The van der Waals surface area contributed by atoms with Gasteiger partial charge in [-0.3, -0.25) is 4.79 Å². The Labute approximate surface area is 128 Å². The van der Waals surface area contributed by atoms with Gasteiger partial charge in [-0.2, -0.15) is 0 Å². The molecular formula is C15H20N4OS. The van der Waals surface area contributed by atoms with E-state index in [1.165, 1.54) is 11.3 Å². The number of nitrogen functional groups attached to an aromatic ring is 1. The highest BCUT2D eigenvalue weighted by Crippen LogP contribution is 2.34. The molecule has 1 saturated heterocycles. The van der Waals surface area contributed by atoms with E-state index in [0.717, 1.165) is 23.3 Å². The number of carbonyl (C=O) groups excluding carboxylic acids is 1. The Balaban J connectivity index is 1.90. The first-order valence-electron chi connectivity index (χ1n) is 7.07. The summed E-state index contributed by atoms with van der Waals surface area (Å²) in [5.74, 6) is 0.504. The van der Waals surface area contributed by atoms with Crippen molar-refractivity contribution in [3.63, 3.8) is 0 Å². The average molecular weight is 304 g/mol. The van der Waals surface area contributed by atoms with Crippen LogP contribution in [-0.4, -0.2) is 53.9 Å². The summed E-state index contributed by atoms with van der Waals surface area (Å²) in [6, 6.07) is 4.17. The van der Waals surface area contributed by atoms with Crippen LogP contribution in [0.5, 0.6) is 0 Å².